The van der Waals surface area contributed by atoms with Gasteiger partial charge in [-0.1, -0.05) is 0 Å². The van der Waals surface area contributed by atoms with Gasteiger partial charge in [-0.05, 0) is 29.8 Å². The molecule has 0 aliphatic carbocycles. The van der Waals surface area contributed by atoms with Crippen LogP contribution in [0, 0.1) is 6.92 Å². The third kappa shape index (κ3) is 2.31. The number of aromatic amines is 1. The Morgan fingerprint density at radius 1 is 1.56 bits per heavy atom. The van der Waals surface area contributed by atoms with Crippen LogP contribution in [-0.2, 0) is 7.05 Å². The van der Waals surface area contributed by atoms with Crippen LogP contribution in [0.4, 0.5) is 0 Å². The maximum absolute atomic E-state index is 12.0. The second kappa shape index (κ2) is 4.93. The average molecular weight is 312 g/mol. The number of nitrogens with zero attached hydrogens (tertiary/aromatic N) is 3. The van der Waals surface area contributed by atoms with Crippen molar-refractivity contribution in [2.45, 2.75) is 19.9 Å². The van der Waals surface area contributed by atoms with Crippen molar-refractivity contribution in [2.24, 2.45) is 7.05 Å². The molecule has 2 aromatic heterocycles. The van der Waals surface area contributed by atoms with Gasteiger partial charge in [-0.3, -0.25) is 14.6 Å². The molecule has 0 saturated carbocycles. The summed E-state index contributed by atoms with van der Waals surface area (Å²) in [5.74, 6) is -0.199. The van der Waals surface area contributed by atoms with E-state index in [1.165, 1.54) is 0 Å². The number of nitrogens with one attached hydrogen (secondary N) is 2. The molecule has 1 unspecified atom stereocenters. The zero-order valence-corrected chi connectivity index (χ0v) is 11.9. The molecule has 0 bridgehead atoms. The Balaban J connectivity index is 2.13. The van der Waals surface area contributed by atoms with Crippen LogP contribution in [0.2, 0.25) is 0 Å². The Morgan fingerprint density at radius 2 is 2.28 bits per heavy atom. The van der Waals surface area contributed by atoms with Gasteiger partial charge in [0, 0.05) is 18.3 Å². The Kier molecular flexibility index (Phi) is 3.51. The van der Waals surface area contributed by atoms with Crippen molar-refractivity contribution in [3.63, 3.8) is 0 Å². The van der Waals surface area contributed by atoms with Crippen LogP contribution >= 0.6 is 15.9 Å². The smallest absolute Gasteiger partial charge is 0.270 e. The number of hydrogen-bond acceptors (Lipinski definition) is 3. The molecule has 1 atom stereocenters. The highest BCUT2D eigenvalue weighted by atomic mass is 79.9. The highest BCUT2D eigenvalue weighted by Gasteiger charge is 2.18. The Hall–Kier alpha value is -1.63. The monoisotopic (exact) mass is 311 g/mol. The van der Waals surface area contributed by atoms with Crippen LogP contribution in [0.5, 0.6) is 0 Å². The molecular weight excluding hydrogens is 298 g/mol. The number of rotatable bonds is 3. The van der Waals surface area contributed by atoms with Gasteiger partial charge in [0.05, 0.1) is 22.9 Å². The number of aromatic nitrogens is 4. The fraction of sp³-hybridized carbons (Fsp3) is 0.364. The van der Waals surface area contributed by atoms with Gasteiger partial charge < -0.3 is 5.32 Å². The second-order valence-electron chi connectivity index (χ2n) is 4.10. The van der Waals surface area contributed by atoms with Gasteiger partial charge >= 0.3 is 0 Å². The Bertz CT molecular complexity index is 574. The molecule has 2 N–H and O–H groups in total. The summed E-state index contributed by atoms with van der Waals surface area (Å²) in [4.78, 5) is 12.0. The van der Waals surface area contributed by atoms with E-state index in [2.05, 4.69) is 36.5 Å². The van der Waals surface area contributed by atoms with E-state index >= 15 is 0 Å². The van der Waals surface area contributed by atoms with Crippen LogP contribution in [0.3, 0.4) is 0 Å². The van der Waals surface area contributed by atoms with E-state index in [1.807, 2.05) is 20.9 Å². The Labute approximate surface area is 113 Å². The maximum Gasteiger partial charge on any atom is 0.270 e. The predicted molar refractivity (Wildman–Crippen MR) is 70.1 cm³/mol. The maximum atomic E-state index is 12.0. The lowest BCUT2D eigenvalue weighted by molar-refractivity contribution is 0.0934. The van der Waals surface area contributed by atoms with E-state index in [9.17, 15) is 4.79 Å². The first-order valence-electron chi connectivity index (χ1n) is 5.49. The lowest BCUT2D eigenvalue weighted by atomic mass is 10.1. The van der Waals surface area contributed by atoms with Crippen LogP contribution < -0.4 is 5.32 Å². The first-order chi connectivity index (χ1) is 8.50. The molecule has 7 heteroatoms. The number of carbonyl (C=O) groups excluding carboxylic acids is 1. The minimum atomic E-state index is -0.199. The van der Waals surface area contributed by atoms with Gasteiger partial charge in [0.1, 0.15) is 5.69 Å². The third-order valence-electron chi connectivity index (χ3n) is 2.91. The summed E-state index contributed by atoms with van der Waals surface area (Å²) in [5.41, 5.74) is 2.45. The van der Waals surface area contributed by atoms with Crippen molar-refractivity contribution in [1.82, 2.24) is 25.3 Å². The van der Waals surface area contributed by atoms with Gasteiger partial charge in [0.25, 0.3) is 5.91 Å². The van der Waals surface area contributed by atoms with E-state index in [-0.39, 0.29) is 11.9 Å². The summed E-state index contributed by atoms with van der Waals surface area (Å²) in [6, 6.07) is -0.110. The number of aryl methyl sites for hydroxylation is 1. The van der Waals surface area contributed by atoms with Crippen LogP contribution in [-0.4, -0.2) is 25.9 Å². The quantitative estimate of drug-likeness (QED) is 0.906. The molecule has 0 aliphatic heterocycles. The summed E-state index contributed by atoms with van der Waals surface area (Å²) < 4.78 is 2.43. The van der Waals surface area contributed by atoms with Gasteiger partial charge in [-0.15, -0.1) is 0 Å². The van der Waals surface area contributed by atoms with Gasteiger partial charge in [0.15, 0.2) is 0 Å². The normalized spacial score (nSPS) is 12.4. The SMILES string of the molecule is Cc1c(C(C)NC(=O)c2[nH]ncc2Br)cnn1C. The van der Waals surface area contributed by atoms with Crippen molar-refractivity contribution in [3.05, 3.63) is 33.8 Å². The highest BCUT2D eigenvalue weighted by molar-refractivity contribution is 9.10. The van der Waals surface area contributed by atoms with Crippen LogP contribution in [0.15, 0.2) is 16.9 Å². The number of hydrogen-bond donors (Lipinski definition) is 2. The van der Waals surface area contributed by atoms with E-state index in [4.69, 9.17) is 0 Å². The molecule has 96 valence electrons. The number of halogens is 1. The van der Waals surface area contributed by atoms with E-state index in [0.717, 1.165) is 11.3 Å². The molecule has 0 aliphatic rings. The van der Waals surface area contributed by atoms with Gasteiger partial charge in [0.2, 0.25) is 0 Å². The molecular formula is C11H14BrN5O. The summed E-state index contributed by atoms with van der Waals surface area (Å²) in [6.07, 6.45) is 3.32. The number of amides is 1. The molecule has 0 fully saturated rings. The lowest BCUT2D eigenvalue weighted by Crippen LogP contribution is -2.27. The minimum absolute atomic E-state index is 0.110. The van der Waals surface area contributed by atoms with Gasteiger partial charge in [-0.2, -0.15) is 10.2 Å². The number of carbonyl (C=O) groups is 1. The van der Waals surface area contributed by atoms with Crippen molar-refractivity contribution in [3.8, 4) is 0 Å². The van der Waals surface area contributed by atoms with E-state index in [1.54, 1.807) is 17.1 Å². The number of H-pyrrole nitrogens is 1. The summed E-state index contributed by atoms with van der Waals surface area (Å²) in [6.45, 7) is 3.89. The molecule has 6 nitrogen and oxygen atoms in total. The zero-order chi connectivity index (χ0) is 13.3. The largest absolute Gasteiger partial charge is 0.344 e. The lowest BCUT2D eigenvalue weighted by Gasteiger charge is -2.13. The van der Waals surface area contributed by atoms with E-state index in [0.29, 0.717) is 10.2 Å². The standard InChI is InChI=1S/C11H14BrN5O/c1-6(8-4-14-17(3)7(8)2)15-11(18)10-9(12)5-13-16-10/h4-6H,1-3H3,(H,13,16)(H,15,18). The average Bonchev–Trinajstić information content (AvgIpc) is 2.87. The molecule has 18 heavy (non-hydrogen) atoms. The topological polar surface area (TPSA) is 75.6 Å². The summed E-state index contributed by atoms with van der Waals surface area (Å²) in [7, 11) is 1.87. The second-order valence-corrected chi connectivity index (χ2v) is 4.95. The molecule has 1 amide bonds. The van der Waals surface area contributed by atoms with E-state index < -0.39 is 0 Å². The highest BCUT2D eigenvalue weighted by Crippen LogP contribution is 2.18. The molecule has 2 rings (SSSR count). The Morgan fingerprint density at radius 3 is 2.78 bits per heavy atom. The van der Waals surface area contributed by atoms with Crippen molar-refractivity contribution in [2.75, 3.05) is 0 Å². The third-order valence-corrected chi connectivity index (χ3v) is 3.51. The molecule has 2 aromatic rings. The van der Waals surface area contributed by atoms with Crippen LogP contribution in [0.25, 0.3) is 0 Å². The first-order valence-corrected chi connectivity index (χ1v) is 6.28. The fourth-order valence-corrected chi connectivity index (χ4v) is 2.09. The molecule has 2 heterocycles. The zero-order valence-electron chi connectivity index (χ0n) is 10.4. The molecule has 0 radical (unpaired) electrons. The fourth-order valence-electron chi connectivity index (χ4n) is 1.72. The van der Waals surface area contributed by atoms with Crippen molar-refractivity contribution in [1.29, 1.82) is 0 Å². The molecule has 0 spiro atoms. The van der Waals surface area contributed by atoms with Crippen molar-refractivity contribution >= 4 is 21.8 Å². The molecule has 0 aromatic carbocycles. The van der Waals surface area contributed by atoms with Crippen LogP contribution in [0.1, 0.15) is 34.7 Å². The first kappa shape index (κ1) is 12.8. The molecule has 0 saturated heterocycles. The van der Waals surface area contributed by atoms with Gasteiger partial charge in [-0.25, -0.2) is 0 Å². The minimum Gasteiger partial charge on any atom is -0.344 e. The predicted octanol–water partition coefficient (Wildman–Crippen LogP) is 1.71. The summed E-state index contributed by atoms with van der Waals surface area (Å²) >= 11 is 3.26. The summed E-state index contributed by atoms with van der Waals surface area (Å²) in [5, 5.41) is 13.5. The van der Waals surface area contributed by atoms with Crippen molar-refractivity contribution < 1.29 is 4.79 Å².